The maximum atomic E-state index is 12.3. The molecule has 0 unspecified atom stereocenters. The van der Waals surface area contributed by atoms with Crippen molar-refractivity contribution in [2.75, 3.05) is 46.9 Å². The summed E-state index contributed by atoms with van der Waals surface area (Å²) in [6.07, 6.45) is 4.16. The monoisotopic (exact) mass is 375 g/mol. The molecular weight excluding hydrogens is 342 g/mol. The summed E-state index contributed by atoms with van der Waals surface area (Å²) < 4.78 is 5.21. The predicted octanol–water partition coefficient (Wildman–Crippen LogP) is 1.93. The van der Waals surface area contributed by atoms with Gasteiger partial charge < -0.3 is 15.0 Å². The molecule has 0 radical (unpaired) electrons. The summed E-state index contributed by atoms with van der Waals surface area (Å²) in [6, 6.07) is 8.28. The number of hydrogen-bond donors (Lipinski definition) is 1. The Bertz CT molecular complexity index is 595. The summed E-state index contributed by atoms with van der Waals surface area (Å²) in [5.41, 5.74) is 1.34. The van der Waals surface area contributed by atoms with E-state index in [0.717, 1.165) is 44.5 Å². The first-order valence-electron chi connectivity index (χ1n) is 9.87. The first-order valence-corrected chi connectivity index (χ1v) is 9.87. The van der Waals surface area contributed by atoms with Gasteiger partial charge in [0.05, 0.1) is 20.2 Å². The molecule has 0 atom stereocenters. The molecule has 0 bridgehead atoms. The second kappa shape index (κ2) is 10.9. The minimum absolute atomic E-state index is 0.00949. The van der Waals surface area contributed by atoms with Gasteiger partial charge >= 0.3 is 0 Å². The molecule has 1 heterocycles. The number of piperidine rings is 1. The highest BCUT2D eigenvalue weighted by Gasteiger charge is 2.22. The number of likely N-dealkylation sites (tertiary alicyclic amines) is 1. The van der Waals surface area contributed by atoms with Crippen LogP contribution in [-0.2, 0) is 16.0 Å². The fourth-order valence-electron chi connectivity index (χ4n) is 3.38. The zero-order valence-electron chi connectivity index (χ0n) is 16.9. The lowest BCUT2D eigenvalue weighted by Gasteiger charge is -2.32. The Morgan fingerprint density at radius 1 is 1.22 bits per heavy atom. The van der Waals surface area contributed by atoms with Crippen LogP contribution in [0.15, 0.2) is 24.3 Å². The molecule has 0 aromatic heterocycles. The number of methoxy groups -OCH3 is 1. The average molecular weight is 376 g/mol. The second-order valence-corrected chi connectivity index (χ2v) is 7.37. The summed E-state index contributed by atoms with van der Waals surface area (Å²) in [6.45, 7) is 5.06. The highest BCUT2D eigenvalue weighted by molar-refractivity contribution is 5.85. The molecular formula is C21H33N3O3. The van der Waals surface area contributed by atoms with Crippen LogP contribution in [0.4, 0.5) is 0 Å². The van der Waals surface area contributed by atoms with Crippen LogP contribution >= 0.6 is 0 Å². The van der Waals surface area contributed by atoms with Crippen molar-refractivity contribution < 1.29 is 14.3 Å². The number of carbonyl (C=O) groups is 2. The van der Waals surface area contributed by atoms with Gasteiger partial charge in [-0.05, 0) is 62.4 Å². The van der Waals surface area contributed by atoms with E-state index in [4.69, 9.17) is 4.74 Å². The van der Waals surface area contributed by atoms with Crippen LogP contribution in [-0.4, -0.2) is 68.5 Å². The molecule has 0 saturated carbocycles. The van der Waals surface area contributed by atoms with Gasteiger partial charge in [0.1, 0.15) is 5.75 Å². The Morgan fingerprint density at radius 2 is 1.89 bits per heavy atom. The largest absolute Gasteiger partial charge is 0.497 e. The standard InChI is InChI=1S/C21H33N3O3/c1-4-11-22-20(25)15-23(2)21(26)16-24-12-9-18(10-13-24)14-17-5-7-19(27-3)8-6-17/h5-8,18H,4,9-16H2,1-3H3,(H,22,25). The maximum absolute atomic E-state index is 12.3. The number of amides is 2. The molecule has 0 aliphatic carbocycles. The molecule has 150 valence electrons. The van der Waals surface area contributed by atoms with Crippen molar-refractivity contribution in [3.05, 3.63) is 29.8 Å². The van der Waals surface area contributed by atoms with Crippen molar-refractivity contribution >= 4 is 11.8 Å². The summed E-state index contributed by atoms with van der Waals surface area (Å²) in [5.74, 6) is 1.46. The molecule has 0 spiro atoms. The molecule has 1 aliphatic heterocycles. The number of carbonyl (C=O) groups excluding carboxylic acids is 2. The van der Waals surface area contributed by atoms with Crippen molar-refractivity contribution in [2.24, 2.45) is 5.92 Å². The molecule has 1 saturated heterocycles. The molecule has 1 N–H and O–H groups in total. The van der Waals surface area contributed by atoms with E-state index in [2.05, 4.69) is 22.3 Å². The van der Waals surface area contributed by atoms with Crippen molar-refractivity contribution in [1.82, 2.24) is 15.1 Å². The smallest absolute Gasteiger partial charge is 0.239 e. The van der Waals surface area contributed by atoms with E-state index in [-0.39, 0.29) is 18.4 Å². The number of ether oxygens (including phenoxy) is 1. The van der Waals surface area contributed by atoms with Gasteiger partial charge in [0, 0.05) is 13.6 Å². The number of benzene rings is 1. The Balaban J connectivity index is 1.70. The van der Waals surface area contributed by atoms with Crippen LogP contribution in [0.3, 0.4) is 0 Å². The molecule has 2 amide bonds. The summed E-state index contributed by atoms with van der Waals surface area (Å²) >= 11 is 0. The molecule has 2 rings (SSSR count). The highest BCUT2D eigenvalue weighted by Crippen LogP contribution is 2.22. The summed E-state index contributed by atoms with van der Waals surface area (Å²) in [7, 11) is 3.38. The van der Waals surface area contributed by atoms with Crippen LogP contribution in [0.2, 0.25) is 0 Å². The molecule has 1 aromatic rings. The number of likely N-dealkylation sites (N-methyl/N-ethyl adjacent to an activating group) is 1. The zero-order chi connectivity index (χ0) is 19.6. The van der Waals surface area contributed by atoms with Gasteiger partial charge in [-0.1, -0.05) is 19.1 Å². The minimum Gasteiger partial charge on any atom is -0.497 e. The second-order valence-electron chi connectivity index (χ2n) is 7.37. The van der Waals surface area contributed by atoms with E-state index >= 15 is 0 Å². The fourth-order valence-corrected chi connectivity index (χ4v) is 3.38. The Labute approximate surface area is 162 Å². The van der Waals surface area contributed by atoms with Gasteiger partial charge in [0.15, 0.2) is 0 Å². The van der Waals surface area contributed by atoms with Gasteiger partial charge in [0.25, 0.3) is 0 Å². The third kappa shape index (κ3) is 7.21. The molecule has 6 nitrogen and oxygen atoms in total. The van der Waals surface area contributed by atoms with Crippen molar-refractivity contribution in [3.8, 4) is 5.75 Å². The Hall–Kier alpha value is -2.08. The van der Waals surface area contributed by atoms with Gasteiger partial charge in [-0.3, -0.25) is 14.5 Å². The van der Waals surface area contributed by atoms with Gasteiger partial charge in [-0.25, -0.2) is 0 Å². The van der Waals surface area contributed by atoms with Crippen LogP contribution < -0.4 is 10.1 Å². The van der Waals surface area contributed by atoms with Crippen molar-refractivity contribution in [2.45, 2.75) is 32.6 Å². The van der Waals surface area contributed by atoms with Crippen molar-refractivity contribution in [3.63, 3.8) is 0 Å². The van der Waals surface area contributed by atoms with Crippen LogP contribution in [0.5, 0.6) is 5.75 Å². The molecule has 27 heavy (non-hydrogen) atoms. The van der Waals surface area contributed by atoms with E-state index in [1.165, 1.54) is 10.5 Å². The van der Waals surface area contributed by atoms with Crippen molar-refractivity contribution in [1.29, 1.82) is 0 Å². The molecule has 6 heteroatoms. The number of nitrogens with zero attached hydrogens (tertiary/aromatic N) is 2. The number of rotatable bonds is 9. The van der Waals surface area contributed by atoms with Gasteiger partial charge in [-0.2, -0.15) is 0 Å². The maximum Gasteiger partial charge on any atom is 0.239 e. The SMILES string of the molecule is CCCNC(=O)CN(C)C(=O)CN1CCC(Cc2ccc(OC)cc2)CC1. The fraction of sp³-hybridized carbons (Fsp3) is 0.619. The highest BCUT2D eigenvalue weighted by atomic mass is 16.5. The third-order valence-electron chi connectivity index (χ3n) is 5.13. The van der Waals surface area contributed by atoms with Crippen LogP contribution in [0.25, 0.3) is 0 Å². The van der Waals surface area contributed by atoms with Crippen LogP contribution in [0, 0.1) is 5.92 Å². The Kier molecular flexibility index (Phi) is 8.58. The molecule has 1 aliphatic rings. The lowest BCUT2D eigenvalue weighted by atomic mass is 9.90. The lowest BCUT2D eigenvalue weighted by Crippen LogP contribution is -2.45. The van der Waals surface area contributed by atoms with E-state index in [1.807, 2.05) is 19.1 Å². The topological polar surface area (TPSA) is 61.9 Å². The molecule has 1 aromatic carbocycles. The first-order chi connectivity index (χ1) is 13.0. The zero-order valence-corrected chi connectivity index (χ0v) is 16.9. The Morgan fingerprint density at radius 3 is 2.48 bits per heavy atom. The normalized spacial score (nSPS) is 15.4. The van der Waals surface area contributed by atoms with Crippen LogP contribution in [0.1, 0.15) is 31.7 Å². The lowest BCUT2D eigenvalue weighted by molar-refractivity contribution is -0.135. The van der Waals surface area contributed by atoms with E-state index in [0.29, 0.717) is 19.0 Å². The third-order valence-corrected chi connectivity index (χ3v) is 5.13. The average Bonchev–Trinajstić information content (AvgIpc) is 2.68. The summed E-state index contributed by atoms with van der Waals surface area (Å²) in [5, 5.41) is 2.80. The quantitative estimate of drug-likeness (QED) is 0.716. The first kappa shape index (κ1) is 21.2. The number of nitrogens with one attached hydrogen (secondary N) is 1. The van der Waals surface area contributed by atoms with E-state index in [9.17, 15) is 9.59 Å². The predicted molar refractivity (Wildman–Crippen MR) is 107 cm³/mol. The van der Waals surface area contributed by atoms with E-state index < -0.39 is 0 Å². The molecule has 1 fully saturated rings. The van der Waals surface area contributed by atoms with Gasteiger partial charge in [-0.15, -0.1) is 0 Å². The number of hydrogen-bond acceptors (Lipinski definition) is 4. The van der Waals surface area contributed by atoms with Gasteiger partial charge in [0.2, 0.25) is 11.8 Å². The minimum atomic E-state index is -0.0918. The summed E-state index contributed by atoms with van der Waals surface area (Å²) in [4.78, 5) is 27.8. The van der Waals surface area contributed by atoms with E-state index in [1.54, 1.807) is 14.2 Å².